The predicted octanol–water partition coefficient (Wildman–Crippen LogP) is 4.80. The lowest BCUT2D eigenvalue weighted by Gasteiger charge is -2.40. The van der Waals surface area contributed by atoms with Gasteiger partial charge in [-0.2, -0.15) is 0 Å². The average molecular weight is 493 g/mol. The minimum absolute atomic E-state index is 0.0469. The van der Waals surface area contributed by atoms with Crippen molar-refractivity contribution in [2.45, 2.75) is 39.3 Å². The van der Waals surface area contributed by atoms with Crippen LogP contribution in [0.25, 0.3) is 0 Å². The highest BCUT2D eigenvalue weighted by molar-refractivity contribution is 6.00. The zero-order valence-electron chi connectivity index (χ0n) is 20.8. The second kappa shape index (κ2) is 11.4. The number of para-hydroxylation sites is 1. The molecule has 1 fully saturated rings. The first kappa shape index (κ1) is 25.4. The Hall–Kier alpha value is -3.65. The van der Waals surface area contributed by atoms with Crippen LogP contribution in [0.1, 0.15) is 53.0 Å². The molecule has 0 bridgehead atoms. The summed E-state index contributed by atoms with van der Waals surface area (Å²) in [6.07, 6.45) is 4.95. The van der Waals surface area contributed by atoms with Crippen LogP contribution in [0, 0.1) is 5.82 Å². The monoisotopic (exact) mass is 492 g/mol. The molecule has 36 heavy (non-hydrogen) atoms. The van der Waals surface area contributed by atoms with Crippen LogP contribution in [0.4, 0.5) is 15.8 Å². The largest absolute Gasteiger partial charge is 0.472 e. The number of nitrogens with zero attached hydrogens (tertiary/aromatic N) is 3. The molecule has 1 aromatic heterocycles. The number of likely N-dealkylation sites (tertiary alicyclic amines) is 1. The van der Waals surface area contributed by atoms with Gasteiger partial charge in [0.15, 0.2) is 0 Å². The molecule has 0 saturated carbocycles. The number of primary amides is 1. The summed E-state index contributed by atoms with van der Waals surface area (Å²) in [5.41, 5.74) is 8.37. The number of anilines is 2. The fraction of sp³-hybridized carbons (Fsp3) is 0.357. The minimum Gasteiger partial charge on any atom is -0.472 e. The van der Waals surface area contributed by atoms with Crippen LogP contribution in [0.2, 0.25) is 0 Å². The van der Waals surface area contributed by atoms with Gasteiger partial charge < -0.3 is 20.0 Å². The first-order chi connectivity index (χ1) is 17.4. The minimum atomic E-state index is -0.680. The van der Waals surface area contributed by atoms with E-state index in [2.05, 4.69) is 4.90 Å². The third kappa shape index (κ3) is 5.44. The van der Waals surface area contributed by atoms with Gasteiger partial charge in [-0.1, -0.05) is 6.07 Å². The smallest absolute Gasteiger partial charge is 0.253 e. The molecule has 1 aliphatic rings. The second-order valence-electron chi connectivity index (χ2n) is 9.03. The van der Waals surface area contributed by atoms with E-state index in [1.807, 2.05) is 36.9 Å². The van der Waals surface area contributed by atoms with Gasteiger partial charge in [0, 0.05) is 55.6 Å². The molecule has 8 heteroatoms. The van der Waals surface area contributed by atoms with Gasteiger partial charge in [0.05, 0.1) is 23.8 Å². The average Bonchev–Trinajstić information content (AvgIpc) is 3.40. The molecule has 1 saturated heterocycles. The lowest BCUT2D eigenvalue weighted by atomic mass is 9.98. The van der Waals surface area contributed by atoms with Gasteiger partial charge in [-0.3, -0.25) is 14.5 Å². The fourth-order valence-electron chi connectivity index (χ4n) is 4.92. The Kier molecular flexibility index (Phi) is 8.05. The lowest BCUT2D eigenvalue weighted by molar-refractivity contribution is 0.0772. The van der Waals surface area contributed by atoms with Gasteiger partial charge in [0.1, 0.15) is 5.82 Å². The maximum atomic E-state index is 15.3. The van der Waals surface area contributed by atoms with Crippen LogP contribution < -0.4 is 10.6 Å². The Morgan fingerprint density at radius 3 is 2.33 bits per heavy atom. The lowest BCUT2D eigenvalue weighted by Crippen LogP contribution is -2.43. The van der Waals surface area contributed by atoms with E-state index in [-0.39, 0.29) is 23.2 Å². The zero-order valence-corrected chi connectivity index (χ0v) is 20.8. The first-order valence-corrected chi connectivity index (χ1v) is 12.4. The summed E-state index contributed by atoms with van der Waals surface area (Å²) in [5, 5.41) is 0. The molecule has 2 N–H and O–H groups in total. The third-order valence-corrected chi connectivity index (χ3v) is 6.84. The summed E-state index contributed by atoms with van der Waals surface area (Å²) >= 11 is 0. The van der Waals surface area contributed by atoms with Crippen LogP contribution in [0.15, 0.2) is 65.5 Å². The van der Waals surface area contributed by atoms with Crippen molar-refractivity contribution < 1.29 is 18.4 Å². The fourth-order valence-corrected chi connectivity index (χ4v) is 4.92. The summed E-state index contributed by atoms with van der Waals surface area (Å²) in [7, 11) is 0. The third-order valence-electron chi connectivity index (χ3n) is 6.84. The molecular weight excluding hydrogens is 459 g/mol. The number of piperidine rings is 1. The number of hydrogen-bond donors (Lipinski definition) is 1. The predicted molar refractivity (Wildman–Crippen MR) is 138 cm³/mol. The van der Waals surface area contributed by atoms with E-state index in [9.17, 15) is 9.59 Å². The number of benzene rings is 2. The number of nitrogens with two attached hydrogens (primary N) is 1. The number of furan rings is 1. The molecule has 0 spiro atoms. The van der Waals surface area contributed by atoms with Gasteiger partial charge in [-0.05, 0) is 69.2 Å². The molecular formula is C28H33FN4O3. The van der Waals surface area contributed by atoms with E-state index in [0.29, 0.717) is 24.3 Å². The Balaban J connectivity index is 1.65. The van der Waals surface area contributed by atoms with Crippen LogP contribution >= 0.6 is 0 Å². The van der Waals surface area contributed by atoms with Crippen LogP contribution in [-0.4, -0.2) is 53.8 Å². The summed E-state index contributed by atoms with van der Waals surface area (Å²) in [6.45, 7) is 7.55. The molecule has 1 aliphatic heterocycles. The maximum absolute atomic E-state index is 15.3. The van der Waals surface area contributed by atoms with Crippen LogP contribution in [0.3, 0.4) is 0 Å². The molecule has 190 valence electrons. The highest BCUT2D eigenvalue weighted by Gasteiger charge is 2.30. The number of rotatable bonds is 9. The van der Waals surface area contributed by atoms with Crippen molar-refractivity contribution in [2.24, 2.45) is 5.73 Å². The first-order valence-electron chi connectivity index (χ1n) is 12.4. The summed E-state index contributed by atoms with van der Waals surface area (Å²) < 4.78 is 20.5. The number of carbonyl (C=O) groups excluding carboxylic acids is 2. The van der Waals surface area contributed by atoms with Crippen molar-refractivity contribution in [3.05, 3.63) is 83.6 Å². The maximum Gasteiger partial charge on any atom is 0.253 e. The SMILES string of the molecule is CCN(CC)C(=O)c1ccc(N(c2c(F)cccc2C(N)=O)C2CCN(Cc3ccoc3)CC2)cc1. The van der Waals surface area contributed by atoms with Crippen LogP contribution in [0.5, 0.6) is 0 Å². The second-order valence-corrected chi connectivity index (χ2v) is 9.03. The summed E-state index contributed by atoms with van der Waals surface area (Å²) in [4.78, 5) is 31.0. The zero-order chi connectivity index (χ0) is 25.7. The highest BCUT2D eigenvalue weighted by Crippen LogP contribution is 2.36. The van der Waals surface area contributed by atoms with Crippen molar-refractivity contribution in [1.82, 2.24) is 9.80 Å². The molecule has 2 aromatic carbocycles. The Morgan fingerprint density at radius 2 is 1.75 bits per heavy atom. The van der Waals surface area contributed by atoms with Crippen molar-refractivity contribution >= 4 is 23.2 Å². The molecule has 0 aliphatic carbocycles. The van der Waals surface area contributed by atoms with Gasteiger partial charge >= 0.3 is 0 Å². The molecule has 0 radical (unpaired) electrons. The molecule has 2 heterocycles. The van der Waals surface area contributed by atoms with E-state index >= 15 is 4.39 Å². The molecule has 0 unspecified atom stereocenters. The van der Waals surface area contributed by atoms with E-state index < -0.39 is 11.7 Å². The van der Waals surface area contributed by atoms with E-state index in [4.69, 9.17) is 10.2 Å². The highest BCUT2D eigenvalue weighted by atomic mass is 19.1. The molecule has 7 nitrogen and oxygen atoms in total. The number of hydrogen-bond acceptors (Lipinski definition) is 5. The van der Waals surface area contributed by atoms with Crippen molar-refractivity contribution in [2.75, 3.05) is 31.1 Å². The summed E-state index contributed by atoms with van der Waals surface area (Å²) in [5.74, 6) is -1.23. The normalized spacial score (nSPS) is 14.5. The topological polar surface area (TPSA) is 83.0 Å². The van der Waals surface area contributed by atoms with Crippen LogP contribution in [-0.2, 0) is 6.54 Å². The number of amides is 2. The van der Waals surface area contributed by atoms with Gasteiger partial charge in [0.25, 0.3) is 11.8 Å². The Bertz CT molecular complexity index is 1170. The molecule has 3 aromatic rings. The number of carbonyl (C=O) groups is 2. The van der Waals surface area contributed by atoms with E-state index in [0.717, 1.165) is 38.0 Å². The van der Waals surface area contributed by atoms with E-state index in [1.54, 1.807) is 35.6 Å². The molecule has 4 rings (SSSR count). The van der Waals surface area contributed by atoms with Gasteiger partial charge in [-0.25, -0.2) is 4.39 Å². The van der Waals surface area contributed by atoms with E-state index in [1.165, 1.54) is 12.1 Å². The quantitative estimate of drug-likeness (QED) is 0.464. The summed E-state index contributed by atoms with van der Waals surface area (Å²) in [6, 6.07) is 13.5. The van der Waals surface area contributed by atoms with Crippen molar-refractivity contribution in [3.8, 4) is 0 Å². The van der Waals surface area contributed by atoms with Crippen molar-refractivity contribution in [1.29, 1.82) is 0 Å². The van der Waals surface area contributed by atoms with Gasteiger partial charge in [0.2, 0.25) is 0 Å². The number of halogens is 1. The Morgan fingerprint density at radius 1 is 1.06 bits per heavy atom. The molecule has 0 atom stereocenters. The van der Waals surface area contributed by atoms with Gasteiger partial charge in [-0.15, -0.1) is 0 Å². The van der Waals surface area contributed by atoms with Crippen molar-refractivity contribution in [3.63, 3.8) is 0 Å². The standard InChI is InChI=1S/C28H33FN4O3/c1-3-32(4-2)28(35)21-8-10-22(11-9-21)33(26-24(27(30)34)6-5-7-25(26)29)23-12-15-31(16-13-23)18-20-14-17-36-19-20/h5-11,14,17,19,23H,3-4,12-13,15-16,18H2,1-2H3,(H2,30,34). The molecule has 2 amide bonds. The Labute approximate surface area is 211 Å².